The fourth-order valence-electron chi connectivity index (χ4n) is 2.31. The van der Waals surface area contributed by atoms with Crippen molar-refractivity contribution in [2.45, 2.75) is 39.8 Å². The van der Waals surface area contributed by atoms with E-state index in [1.165, 1.54) is 5.56 Å². The molecule has 110 valence electrons. The minimum atomic E-state index is 0.241. The van der Waals surface area contributed by atoms with Crippen molar-refractivity contribution in [1.82, 2.24) is 10.6 Å². The number of benzene rings is 1. The Hall–Kier alpha value is -1.49. The summed E-state index contributed by atoms with van der Waals surface area (Å²) in [5, 5.41) is 6.92. The fourth-order valence-corrected chi connectivity index (χ4v) is 2.52. The first kappa shape index (κ1) is 14.9. The van der Waals surface area contributed by atoms with E-state index in [2.05, 4.69) is 29.7 Å². The SMILES string of the molecule is CCNC(=S)NCc1cc2c(cc1OCC)C[C@H](C)O2. The average Bonchev–Trinajstić information content (AvgIpc) is 2.76. The van der Waals surface area contributed by atoms with Crippen LogP contribution in [0.25, 0.3) is 0 Å². The van der Waals surface area contributed by atoms with Crippen LogP contribution in [0, 0.1) is 0 Å². The molecule has 0 fully saturated rings. The van der Waals surface area contributed by atoms with Crippen molar-refractivity contribution in [3.8, 4) is 11.5 Å². The highest BCUT2D eigenvalue weighted by atomic mass is 32.1. The number of rotatable bonds is 5. The minimum absolute atomic E-state index is 0.241. The maximum absolute atomic E-state index is 5.80. The van der Waals surface area contributed by atoms with Crippen LogP contribution in [0.4, 0.5) is 0 Å². The van der Waals surface area contributed by atoms with Crippen LogP contribution in [0.1, 0.15) is 31.9 Å². The maximum Gasteiger partial charge on any atom is 0.166 e. The standard InChI is InChI=1S/C15H22N2O2S/c1-4-16-15(20)17-9-12-8-14-11(6-10(3)19-14)7-13(12)18-5-2/h7-8,10H,4-6,9H2,1-3H3,(H2,16,17,20)/t10-/m0/s1. The largest absolute Gasteiger partial charge is 0.494 e. The molecule has 0 saturated heterocycles. The van der Waals surface area contributed by atoms with E-state index < -0.39 is 0 Å². The molecule has 0 aliphatic carbocycles. The highest BCUT2D eigenvalue weighted by Gasteiger charge is 2.21. The Balaban J connectivity index is 2.14. The van der Waals surface area contributed by atoms with Crippen molar-refractivity contribution in [3.05, 3.63) is 23.3 Å². The van der Waals surface area contributed by atoms with Gasteiger partial charge < -0.3 is 20.1 Å². The summed E-state index contributed by atoms with van der Waals surface area (Å²) in [7, 11) is 0. The third kappa shape index (κ3) is 3.54. The number of hydrogen-bond donors (Lipinski definition) is 2. The summed E-state index contributed by atoms with van der Waals surface area (Å²) in [4.78, 5) is 0. The lowest BCUT2D eigenvalue weighted by molar-refractivity contribution is 0.254. The maximum atomic E-state index is 5.80. The van der Waals surface area contributed by atoms with E-state index in [1.807, 2.05) is 13.8 Å². The second kappa shape index (κ2) is 6.79. The zero-order valence-electron chi connectivity index (χ0n) is 12.3. The highest BCUT2D eigenvalue weighted by molar-refractivity contribution is 7.80. The van der Waals surface area contributed by atoms with Gasteiger partial charge in [0, 0.05) is 30.6 Å². The van der Waals surface area contributed by atoms with E-state index >= 15 is 0 Å². The van der Waals surface area contributed by atoms with Crippen molar-refractivity contribution in [1.29, 1.82) is 0 Å². The molecule has 2 rings (SSSR count). The molecular formula is C15H22N2O2S. The van der Waals surface area contributed by atoms with Gasteiger partial charge in [0.25, 0.3) is 0 Å². The number of hydrogen-bond acceptors (Lipinski definition) is 3. The molecule has 0 bridgehead atoms. The zero-order chi connectivity index (χ0) is 14.5. The van der Waals surface area contributed by atoms with Crippen molar-refractivity contribution in [2.75, 3.05) is 13.2 Å². The molecule has 1 heterocycles. The Labute approximate surface area is 125 Å². The number of thiocarbonyl (C=S) groups is 1. The first-order chi connectivity index (χ1) is 9.63. The van der Waals surface area contributed by atoms with Crippen LogP contribution in [0.2, 0.25) is 0 Å². The van der Waals surface area contributed by atoms with Crippen molar-refractivity contribution >= 4 is 17.3 Å². The second-order valence-corrected chi connectivity index (χ2v) is 5.25. The van der Waals surface area contributed by atoms with Crippen molar-refractivity contribution < 1.29 is 9.47 Å². The Morgan fingerprint density at radius 3 is 2.90 bits per heavy atom. The molecule has 0 unspecified atom stereocenters. The first-order valence-corrected chi connectivity index (χ1v) is 7.51. The molecule has 1 aliphatic rings. The summed E-state index contributed by atoms with van der Waals surface area (Å²) in [5.74, 6) is 1.88. The summed E-state index contributed by atoms with van der Waals surface area (Å²) >= 11 is 5.18. The van der Waals surface area contributed by atoms with Crippen LogP contribution in [-0.4, -0.2) is 24.4 Å². The minimum Gasteiger partial charge on any atom is -0.494 e. The fraction of sp³-hybridized carbons (Fsp3) is 0.533. The molecule has 2 N–H and O–H groups in total. The Morgan fingerprint density at radius 2 is 2.20 bits per heavy atom. The Morgan fingerprint density at radius 1 is 1.40 bits per heavy atom. The molecular weight excluding hydrogens is 272 g/mol. The highest BCUT2D eigenvalue weighted by Crippen LogP contribution is 2.35. The van der Waals surface area contributed by atoms with Crippen molar-refractivity contribution in [2.24, 2.45) is 0 Å². The van der Waals surface area contributed by atoms with Crippen LogP contribution in [0.15, 0.2) is 12.1 Å². The molecule has 0 spiro atoms. The van der Waals surface area contributed by atoms with E-state index in [0.717, 1.165) is 30.0 Å². The monoisotopic (exact) mass is 294 g/mol. The van der Waals surface area contributed by atoms with Crippen LogP contribution >= 0.6 is 12.2 Å². The van der Waals surface area contributed by atoms with Gasteiger partial charge in [0.05, 0.1) is 6.61 Å². The predicted octanol–water partition coefficient (Wildman–Crippen LogP) is 2.39. The Kier molecular flexibility index (Phi) is 5.06. The molecule has 20 heavy (non-hydrogen) atoms. The van der Waals surface area contributed by atoms with Gasteiger partial charge in [-0.05, 0) is 45.1 Å². The van der Waals surface area contributed by atoms with Gasteiger partial charge in [-0.15, -0.1) is 0 Å². The lowest BCUT2D eigenvalue weighted by Gasteiger charge is -2.14. The van der Waals surface area contributed by atoms with Gasteiger partial charge in [-0.25, -0.2) is 0 Å². The van der Waals surface area contributed by atoms with Gasteiger partial charge in [0.2, 0.25) is 0 Å². The number of fused-ring (bicyclic) bond motifs is 1. The summed E-state index contributed by atoms with van der Waals surface area (Å²) in [6.07, 6.45) is 1.18. The third-order valence-electron chi connectivity index (χ3n) is 3.16. The molecule has 1 atom stereocenters. The molecule has 1 aromatic carbocycles. The lowest BCUT2D eigenvalue weighted by Crippen LogP contribution is -2.34. The van der Waals surface area contributed by atoms with Crippen LogP contribution in [-0.2, 0) is 13.0 Å². The van der Waals surface area contributed by atoms with Crippen LogP contribution in [0.5, 0.6) is 11.5 Å². The van der Waals surface area contributed by atoms with Crippen molar-refractivity contribution in [3.63, 3.8) is 0 Å². The summed E-state index contributed by atoms with van der Waals surface area (Å²) in [6.45, 7) is 8.19. The molecule has 0 radical (unpaired) electrons. The molecule has 4 nitrogen and oxygen atoms in total. The second-order valence-electron chi connectivity index (χ2n) is 4.85. The summed E-state index contributed by atoms with van der Waals surface area (Å²) < 4.78 is 11.5. The molecule has 1 aliphatic heterocycles. The van der Waals surface area contributed by atoms with Gasteiger partial charge in [-0.2, -0.15) is 0 Å². The number of ether oxygens (including phenoxy) is 2. The predicted molar refractivity (Wildman–Crippen MR) is 84.5 cm³/mol. The molecule has 0 aromatic heterocycles. The summed E-state index contributed by atoms with van der Waals surface area (Å²) in [6, 6.07) is 4.15. The van der Waals surface area contributed by atoms with Gasteiger partial charge in [0.15, 0.2) is 5.11 Å². The quantitative estimate of drug-likeness (QED) is 0.816. The third-order valence-corrected chi connectivity index (χ3v) is 3.44. The van der Waals surface area contributed by atoms with E-state index in [9.17, 15) is 0 Å². The van der Waals surface area contributed by atoms with Crippen LogP contribution in [0.3, 0.4) is 0 Å². The van der Waals surface area contributed by atoms with Gasteiger partial charge in [-0.3, -0.25) is 0 Å². The van der Waals surface area contributed by atoms with E-state index in [-0.39, 0.29) is 6.10 Å². The topological polar surface area (TPSA) is 42.5 Å². The summed E-state index contributed by atoms with van der Waals surface area (Å²) in [5.41, 5.74) is 2.29. The normalized spacial score (nSPS) is 16.2. The molecule has 0 amide bonds. The smallest absolute Gasteiger partial charge is 0.166 e. The van der Waals surface area contributed by atoms with Crippen LogP contribution < -0.4 is 20.1 Å². The Bertz CT molecular complexity index is 491. The van der Waals surface area contributed by atoms with E-state index in [4.69, 9.17) is 21.7 Å². The van der Waals surface area contributed by atoms with E-state index in [1.54, 1.807) is 0 Å². The lowest BCUT2D eigenvalue weighted by atomic mass is 10.1. The zero-order valence-corrected chi connectivity index (χ0v) is 13.1. The molecule has 0 saturated carbocycles. The first-order valence-electron chi connectivity index (χ1n) is 7.11. The molecule has 1 aromatic rings. The van der Waals surface area contributed by atoms with E-state index in [0.29, 0.717) is 18.3 Å². The van der Waals surface area contributed by atoms with Gasteiger partial charge in [-0.1, -0.05) is 0 Å². The van der Waals surface area contributed by atoms with Gasteiger partial charge >= 0.3 is 0 Å². The average molecular weight is 294 g/mol. The van der Waals surface area contributed by atoms with Gasteiger partial charge in [0.1, 0.15) is 17.6 Å². The molecule has 5 heteroatoms. The number of nitrogens with one attached hydrogen (secondary N) is 2.